The Balaban J connectivity index is 2.95. The normalized spacial score (nSPS) is 9.35. The zero-order valence-corrected chi connectivity index (χ0v) is 8.41. The lowest BCUT2D eigenvalue weighted by Gasteiger charge is -2.06. The van der Waals surface area contributed by atoms with E-state index in [0.717, 1.165) is 0 Å². The molecule has 0 aliphatic heterocycles. The fourth-order valence-electron chi connectivity index (χ4n) is 1.09. The van der Waals surface area contributed by atoms with Gasteiger partial charge in [-0.05, 0) is 12.1 Å². The number of nitrogens with zero attached hydrogens (tertiary/aromatic N) is 2. The third-order valence-corrected chi connectivity index (χ3v) is 1.72. The van der Waals surface area contributed by atoms with Crippen LogP contribution in [0.25, 0.3) is 0 Å². The fraction of sp³-hybridized carbons (Fsp3) is 0.111. The fourth-order valence-corrected chi connectivity index (χ4v) is 1.09. The number of hydrogen-bond donors (Lipinski definition) is 2. The van der Waals surface area contributed by atoms with Gasteiger partial charge in [0.15, 0.2) is 6.61 Å². The number of rotatable bonds is 5. The largest absolute Gasteiger partial charge is 0.479 e. The maximum Gasteiger partial charge on any atom is 0.332 e. The second kappa shape index (κ2) is 5.43. The molecule has 1 aromatic carbocycles. The molecule has 0 aliphatic carbocycles. The van der Waals surface area contributed by atoms with Crippen molar-refractivity contribution in [2.24, 2.45) is 0 Å². The number of carboxylic acid groups (broad SMARTS) is 1. The molecule has 0 heterocycles. The highest BCUT2D eigenvalue weighted by atomic mass is 16.7. The molecule has 0 fully saturated rings. The molecule has 0 radical (unpaired) electrons. The average molecular weight is 237 g/mol. The molecule has 8 nitrogen and oxygen atoms in total. The van der Waals surface area contributed by atoms with Crippen LogP contribution in [0.4, 0.5) is 11.4 Å². The highest BCUT2D eigenvalue weighted by molar-refractivity contribution is 5.69. The number of nitro benzene ring substituents is 1. The number of nitrogens with one attached hydrogen (secondary N) is 1. The number of nitro groups is 1. The standard InChI is InChI=1S/C9H7N3O5/c10-4-6-2-1-3-7(9(6)12(15)16)11-17-5-8(13)14/h1-3,11H,5H2,(H,13,14). The SMILES string of the molecule is N#Cc1cccc(NOCC(=O)O)c1[N+](=O)[O-]. The predicted octanol–water partition coefficient (Wildman–Crippen LogP) is 0.895. The molecule has 0 bridgehead atoms. The van der Waals surface area contributed by atoms with E-state index in [1.165, 1.54) is 18.2 Å². The Kier molecular flexibility index (Phi) is 3.96. The van der Waals surface area contributed by atoms with Gasteiger partial charge in [-0.2, -0.15) is 5.26 Å². The summed E-state index contributed by atoms with van der Waals surface area (Å²) in [6.07, 6.45) is 0. The summed E-state index contributed by atoms with van der Waals surface area (Å²) >= 11 is 0. The van der Waals surface area contributed by atoms with E-state index >= 15 is 0 Å². The summed E-state index contributed by atoms with van der Waals surface area (Å²) in [6, 6.07) is 5.66. The van der Waals surface area contributed by atoms with Crippen molar-refractivity contribution in [3.63, 3.8) is 0 Å². The van der Waals surface area contributed by atoms with Crippen LogP contribution in [0.15, 0.2) is 18.2 Å². The summed E-state index contributed by atoms with van der Waals surface area (Å²) in [5.41, 5.74) is 1.46. The van der Waals surface area contributed by atoms with Crippen molar-refractivity contribution in [1.82, 2.24) is 0 Å². The van der Waals surface area contributed by atoms with Crippen molar-refractivity contribution < 1.29 is 19.7 Å². The van der Waals surface area contributed by atoms with Crippen molar-refractivity contribution >= 4 is 17.3 Å². The van der Waals surface area contributed by atoms with Crippen LogP contribution in [0.5, 0.6) is 0 Å². The molecule has 0 aliphatic rings. The number of aliphatic carboxylic acids is 1. The first-order valence-corrected chi connectivity index (χ1v) is 4.33. The van der Waals surface area contributed by atoms with E-state index in [1.807, 2.05) is 0 Å². The quantitative estimate of drug-likeness (QED) is 0.575. The molecular formula is C9H7N3O5. The Bertz CT molecular complexity index is 494. The van der Waals surface area contributed by atoms with Crippen molar-refractivity contribution in [3.05, 3.63) is 33.9 Å². The second-order valence-electron chi connectivity index (χ2n) is 2.86. The van der Waals surface area contributed by atoms with Gasteiger partial charge >= 0.3 is 11.7 Å². The Hall–Kier alpha value is -2.66. The first-order chi connectivity index (χ1) is 8.06. The van der Waals surface area contributed by atoms with Crippen LogP contribution in [0, 0.1) is 21.4 Å². The Morgan fingerprint density at radius 2 is 2.35 bits per heavy atom. The number of para-hydroxylation sites is 1. The van der Waals surface area contributed by atoms with E-state index in [0.29, 0.717) is 0 Å². The van der Waals surface area contributed by atoms with E-state index in [-0.39, 0.29) is 11.3 Å². The minimum atomic E-state index is -1.23. The molecule has 2 N–H and O–H groups in total. The van der Waals surface area contributed by atoms with Gasteiger partial charge in [0.2, 0.25) is 0 Å². The molecule has 0 unspecified atom stereocenters. The number of benzene rings is 1. The lowest BCUT2D eigenvalue weighted by Crippen LogP contribution is -2.12. The maximum atomic E-state index is 10.7. The van der Waals surface area contributed by atoms with Crippen LogP contribution in [0.2, 0.25) is 0 Å². The van der Waals surface area contributed by atoms with E-state index < -0.39 is 23.2 Å². The lowest BCUT2D eigenvalue weighted by molar-refractivity contribution is -0.384. The second-order valence-corrected chi connectivity index (χ2v) is 2.86. The molecular weight excluding hydrogens is 230 g/mol. The van der Waals surface area contributed by atoms with Gasteiger partial charge in [0.1, 0.15) is 17.3 Å². The van der Waals surface area contributed by atoms with Gasteiger partial charge < -0.3 is 5.11 Å². The van der Waals surface area contributed by atoms with Gasteiger partial charge in [-0.15, -0.1) is 0 Å². The van der Waals surface area contributed by atoms with Gasteiger partial charge in [-0.3, -0.25) is 20.4 Å². The topological polar surface area (TPSA) is 125 Å². The molecule has 0 saturated carbocycles. The minimum absolute atomic E-state index is 0.0738. The first-order valence-electron chi connectivity index (χ1n) is 4.33. The van der Waals surface area contributed by atoms with Gasteiger partial charge in [0.25, 0.3) is 0 Å². The average Bonchev–Trinajstić information content (AvgIpc) is 2.27. The minimum Gasteiger partial charge on any atom is -0.479 e. The van der Waals surface area contributed by atoms with Crippen LogP contribution in [0.1, 0.15) is 5.56 Å². The summed E-state index contributed by atoms with van der Waals surface area (Å²) in [7, 11) is 0. The van der Waals surface area contributed by atoms with Crippen LogP contribution < -0.4 is 5.48 Å². The lowest BCUT2D eigenvalue weighted by atomic mass is 10.2. The first kappa shape index (κ1) is 12.4. The summed E-state index contributed by atoms with van der Waals surface area (Å²) in [4.78, 5) is 24.7. The highest BCUT2D eigenvalue weighted by Gasteiger charge is 2.19. The summed E-state index contributed by atoms with van der Waals surface area (Å²) < 4.78 is 0. The van der Waals surface area contributed by atoms with E-state index in [4.69, 9.17) is 10.4 Å². The summed E-state index contributed by atoms with van der Waals surface area (Å²) in [5.74, 6) is -1.23. The maximum absolute atomic E-state index is 10.7. The molecule has 88 valence electrons. The Morgan fingerprint density at radius 3 is 2.88 bits per heavy atom. The summed E-state index contributed by atoms with van der Waals surface area (Å²) in [5, 5.41) is 27.7. The number of carboxylic acids is 1. The van der Waals surface area contributed by atoms with Gasteiger partial charge in [0.05, 0.1) is 4.92 Å². The van der Waals surface area contributed by atoms with Gasteiger partial charge in [-0.25, -0.2) is 4.79 Å². The number of carbonyl (C=O) groups is 1. The zero-order chi connectivity index (χ0) is 12.8. The molecule has 0 saturated heterocycles. The molecule has 8 heteroatoms. The van der Waals surface area contributed by atoms with Crippen molar-refractivity contribution in [1.29, 1.82) is 5.26 Å². The molecule has 0 amide bonds. The number of nitriles is 1. The monoisotopic (exact) mass is 237 g/mol. The third-order valence-electron chi connectivity index (χ3n) is 1.72. The van der Waals surface area contributed by atoms with Gasteiger partial charge in [0, 0.05) is 0 Å². The Labute approximate surface area is 95.1 Å². The van der Waals surface area contributed by atoms with Crippen LogP contribution >= 0.6 is 0 Å². The van der Waals surface area contributed by atoms with Crippen molar-refractivity contribution in [2.75, 3.05) is 12.1 Å². The molecule has 1 rings (SSSR count). The Morgan fingerprint density at radius 1 is 1.65 bits per heavy atom. The predicted molar refractivity (Wildman–Crippen MR) is 55.0 cm³/mol. The van der Waals surface area contributed by atoms with E-state index in [1.54, 1.807) is 6.07 Å². The van der Waals surface area contributed by atoms with Crippen LogP contribution in [0.3, 0.4) is 0 Å². The van der Waals surface area contributed by atoms with Crippen molar-refractivity contribution in [2.45, 2.75) is 0 Å². The van der Waals surface area contributed by atoms with Crippen molar-refractivity contribution in [3.8, 4) is 6.07 Å². The third kappa shape index (κ3) is 3.15. The highest BCUT2D eigenvalue weighted by Crippen LogP contribution is 2.27. The smallest absolute Gasteiger partial charge is 0.332 e. The molecule has 0 aromatic heterocycles. The van der Waals surface area contributed by atoms with Crippen LogP contribution in [-0.2, 0) is 9.63 Å². The zero-order valence-electron chi connectivity index (χ0n) is 8.41. The molecule has 0 spiro atoms. The molecule has 1 aromatic rings. The molecule has 17 heavy (non-hydrogen) atoms. The van der Waals surface area contributed by atoms with Gasteiger partial charge in [-0.1, -0.05) is 6.07 Å². The van der Waals surface area contributed by atoms with E-state index in [9.17, 15) is 14.9 Å². The van der Waals surface area contributed by atoms with Crippen LogP contribution in [-0.4, -0.2) is 22.6 Å². The molecule has 0 atom stereocenters. The number of hydrogen-bond acceptors (Lipinski definition) is 6. The summed E-state index contributed by atoms with van der Waals surface area (Å²) in [6.45, 7) is -0.659. The van der Waals surface area contributed by atoms with E-state index in [2.05, 4.69) is 10.3 Å². The number of anilines is 1.